The van der Waals surface area contributed by atoms with Crippen molar-refractivity contribution in [2.24, 2.45) is 0 Å². The molecule has 1 aromatic rings. The Kier molecular flexibility index (Phi) is 4.03. The molecule has 0 radical (unpaired) electrons. The number of rotatable bonds is 3. The summed E-state index contributed by atoms with van der Waals surface area (Å²) < 4.78 is 24.8. The van der Waals surface area contributed by atoms with Crippen LogP contribution in [0.25, 0.3) is 0 Å². The van der Waals surface area contributed by atoms with E-state index < -0.39 is 22.6 Å². The van der Waals surface area contributed by atoms with Crippen LogP contribution in [0.1, 0.15) is 36.7 Å². The highest BCUT2D eigenvalue weighted by Gasteiger charge is 2.20. The number of carboxylic acid groups (broad SMARTS) is 1. The fourth-order valence-electron chi connectivity index (χ4n) is 1.19. The Bertz CT molecular complexity index is 463. The van der Waals surface area contributed by atoms with E-state index in [1.807, 2.05) is 20.8 Å². The van der Waals surface area contributed by atoms with Crippen LogP contribution < -0.4 is 0 Å². The summed E-state index contributed by atoms with van der Waals surface area (Å²) in [5.74, 6) is -1.87. The Morgan fingerprint density at radius 2 is 2.00 bits per heavy atom. The quantitative estimate of drug-likeness (QED) is 0.906. The van der Waals surface area contributed by atoms with E-state index in [9.17, 15) is 13.4 Å². The maximum atomic E-state index is 13.4. The molecule has 1 unspecified atom stereocenters. The third-order valence-electron chi connectivity index (χ3n) is 2.24. The molecule has 0 aliphatic rings. The topological polar surface area (TPSA) is 54.4 Å². The van der Waals surface area contributed by atoms with E-state index in [1.165, 1.54) is 12.1 Å². The minimum Gasteiger partial charge on any atom is -0.478 e. The van der Waals surface area contributed by atoms with Crippen LogP contribution in [-0.4, -0.2) is 20.0 Å². The second-order valence-corrected chi connectivity index (χ2v) is 6.93. The molecule has 94 valence electrons. The molecule has 0 saturated carbocycles. The highest BCUT2D eigenvalue weighted by atomic mass is 32.2. The highest BCUT2D eigenvalue weighted by molar-refractivity contribution is 7.85. The predicted molar refractivity (Wildman–Crippen MR) is 65.0 cm³/mol. The van der Waals surface area contributed by atoms with Gasteiger partial charge in [-0.1, -0.05) is 6.07 Å². The number of aromatic carboxylic acids is 1. The van der Waals surface area contributed by atoms with Crippen LogP contribution in [0.3, 0.4) is 0 Å². The second kappa shape index (κ2) is 4.96. The first-order valence-corrected chi connectivity index (χ1v) is 6.44. The van der Waals surface area contributed by atoms with Gasteiger partial charge in [0.15, 0.2) is 0 Å². The Labute approximate surface area is 102 Å². The maximum Gasteiger partial charge on any atom is 0.338 e. The lowest BCUT2D eigenvalue weighted by Gasteiger charge is -2.17. The van der Waals surface area contributed by atoms with E-state index in [2.05, 4.69) is 0 Å². The van der Waals surface area contributed by atoms with Gasteiger partial charge < -0.3 is 5.11 Å². The van der Waals surface area contributed by atoms with Crippen LogP contribution in [0.4, 0.5) is 4.39 Å². The third-order valence-corrected chi connectivity index (χ3v) is 4.21. The van der Waals surface area contributed by atoms with Crippen molar-refractivity contribution < 1.29 is 18.5 Å². The van der Waals surface area contributed by atoms with Gasteiger partial charge in [-0.2, -0.15) is 0 Å². The molecule has 0 bridgehead atoms. The first kappa shape index (κ1) is 13.8. The summed E-state index contributed by atoms with van der Waals surface area (Å²) >= 11 is 0. The predicted octanol–water partition coefficient (Wildman–Crippen LogP) is 2.57. The number of benzene rings is 1. The smallest absolute Gasteiger partial charge is 0.338 e. The van der Waals surface area contributed by atoms with Gasteiger partial charge >= 0.3 is 5.97 Å². The summed E-state index contributed by atoms with van der Waals surface area (Å²) in [6.07, 6.45) is 0. The molecule has 1 rings (SSSR count). The van der Waals surface area contributed by atoms with Gasteiger partial charge in [-0.3, -0.25) is 4.21 Å². The number of halogens is 1. The average Bonchev–Trinajstić information content (AvgIpc) is 2.15. The molecule has 0 fully saturated rings. The molecule has 1 atom stereocenters. The standard InChI is InChI=1S/C12H15FO3S/c1-12(2,3)17(16)7-8-4-5-9(11(14)15)10(13)6-8/h4-6H,7H2,1-3H3,(H,14,15). The van der Waals surface area contributed by atoms with Crippen LogP contribution in [0.5, 0.6) is 0 Å². The van der Waals surface area contributed by atoms with Gasteiger partial charge in [0.1, 0.15) is 5.82 Å². The zero-order valence-electron chi connectivity index (χ0n) is 9.99. The Morgan fingerprint density at radius 1 is 1.41 bits per heavy atom. The summed E-state index contributed by atoms with van der Waals surface area (Å²) in [5, 5.41) is 8.67. The van der Waals surface area contributed by atoms with E-state index in [0.717, 1.165) is 6.07 Å². The normalized spacial score (nSPS) is 13.4. The van der Waals surface area contributed by atoms with Crippen molar-refractivity contribution in [2.45, 2.75) is 31.3 Å². The second-order valence-electron chi connectivity index (χ2n) is 4.72. The van der Waals surface area contributed by atoms with Gasteiger partial charge in [-0.05, 0) is 38.5 Å². The van der Waals surface area contributed by atoms with Crippen molar-refractivity contribution in [3.63, 3.8) is 0 Å². The first-order valence-electron chi connectivity index (χ1n) is 5.12. The minimum absolute atomic E-state index is 0.223. The molecule has 0 heterocycles. The molecule has 17 heavy (non-hydrogen) atoms. The molecular weight excluding hydrogens is 243 g/mol. The average molecular weight is 258 g/mol. The van der Waals surface area contributed by atoms with E-state index in [-0.39, 0.29) is 16.1 Å². The Hall–Kier alpha value is -1.23. The zero-order valence-corrected chi connectivity index (χ0v) is 10.8. The summed E-state index contributed by atoms with van der Waals surface area (Å²) in [6.45, 7) is 5.52. The van der Waals surface area contributed by atoms with Crippen LogP contribution in [0.15, 0.2) is 18.2 Å². The summed E-state index contributed by atoms with van der Waals surface area (Å²) in [7, 11) is -1.13. The van der Waals surface area contributed by atoms with Crippen molar-refractivity contribution in [1.29, 1.82) is 0 Å². The van der Waals surface area contributed by atoms with Gasteiger partial charge in [0, 0.05) is 21.3 Å². The molecule has 1 N–H and O–H groups in total. The van der Waals surface area contributed by atoms with Crippen molar-refractivity contribution in [3.05, 3.63) is 35.1 Å². The van der Waals surface area contributed by atoms with Crippen molar-refractivity contribution in [1.82, 2.24) is 0 Å². The molecule has 0 amide bonds. The molecule has 0 spiro atoms. The summed E-state index contributed by atoms with van der Waals surface area (Å²) in [5.41, 5.74) is 0.177. The molecule has 0 aliphatic carbocycles. The first-order chi connectivity index (χ1) is 7.71. The molecule has 0 aliphatic heterocycles. The van der Waals surface area contributed by atoms with Crippen molar-refractivity contribution in [3.8, 4) is 0 Å². The molecule has 3 nitrogen and oxygen atoms in total. The van der Waals surface area contributed by atoms with Gasteiger partial charge in [-0.25, -0.2) is 9.18 Å². The number of hydrogen-bond acceptors (Lipinski definition) is 2. The SMILES string of the molecule is CC(C)(C)S(=O)Cc1ccc(C(=O)O)c(F)c1. The largest absolute Gasteiger partial charge is 0.478 e. The summed E-state index contributed by atoms with van der Waals surface area (Å²) in [6, 6.07) is 3.83. The molecule has 0 saturated heterocycles. The van der Waals surface area contributed by atoms with Crippen molar-refractivity contribution >= 4 is 16.8 Å². The van der Waals surface area contributed by atoms with E-state index in [0.29, 0.717) is 5.56 Å². The lowest BCUT2D eigenvalue weighted by atomic mass is 10.1. The molecular formula is C12H15FO3S. The fraction of sp³-hybridized carbons (Fsp3) is 0.417. The Morgan fingerprint density at radius 3 is 2.41 bits per heavy atom. The van der Waals surface area contributed by atoms with Gasteiger partial charge in [0.25, 0.3) is 0 Å². The monoisotopic (exact) mass is 258 g/mol. The Balaban J connectivity index is 2.92. The lowest BCUT2D eigenvalue weighted by molar-refractivity contribution is 0.0692. The highest BCUT2D eigenvalue weighted by Crippen LogP contribution is 2.18. The molecule has 1 aromatic carbocycles. The van der Waals surface area contributed by atoms with Gasteiger partial charge in [0.05, 0.1) is 5.56 Å². The fourth-order valence-corrected chi connectivity index (χ4v) is 2.11. The number of carboxylic acids is 1. The van der Waals surface area contributed by atoms with Crippen LogP contribution >= 0.6 is 0 Å². The van der Waals surface area contributed by atoms with E-state index >= 15 is 0 Å². The van der Waals surface area contributed by atoms with Crippen LogP contribution in [-0.2, 0) is 16.6 Å². The van der Waals surface area contributed by atoms with Gasteiger partial charge in [-0.15, -0.1) is 0 Å². The maximum absolute atomic E-state index is 13.4. The minimum atomic E-state index is -1.30. The molecule has 5 heteroatoms. The number of carbonyl (C=O) groups is 1. The van der Waals surface area contributed by atoms with E-state index in [1.54, 1.807) is 0 Å². The van der Waals surface area contributed by atoms with Crippen LogP contribution in [0.2, 0.25) is 0 Å². The number of hydrogen-bond donors (Lipinski definition) is 1. The van der Waals surface area contributed by atoms with Crippen LogP contribution in [0, 0.1) is 5.82 Å². The molecule has 0 aromatic heterocycles. The van der Waals surface area contributed by atoms with Gasteiger partial charge in [0.2, 0.25) is 0 Å². The third kappa shape index (κ3) is 3.63. The summed E-state index contributed by atoms with van der Waals surface area (Å²) in [4.78, 5) is 10.6. The van der Waals surface area contributed by atoms with E-state index in [4.69, 9.17) is 5.11 Å². The van der Waals surface area contributed by atoms with Crippen molar-refractivity contribution in [2.75, 3.05) is 0 Å². The zero-order chi connectivity index (χ0) is 13.2. The lowest BCUT2D eigenvalue weighted by Crippen LogP contribution is -2.23.